The predicted molar refractivity (Wildman–Crippen MR) is 68.5 cm³/mol. The molecule has 1 aromatic rings. The molecule has 4 nitrogen and oxygen atoms in total. The second kappa shape index (κ2) is 5.56. The van der Waals surface area contributed by atoms with Crippen LogP contribution in [0.15, 0.2) is 10.5 Å². The van der Waals surface area contributed by atoms with Gasteiger partial charge in [-0.2, -0.15) is 0 Å². The molecule has 1 amide bonds. The van der Waals surface area contributed by atoms with Gasteiger partial charge in [0.25, 0.3) is 5.91 Å². The third kappa shape index (κ3) is 3.48. The molecule has 0 spiro atoms. The molecule has 1 aliphatic rings. The lowest BCUT2D eigenvalue weighted by Gasteiger charge is -2.10. The monoisotopic (exact) mass is 258 g/mol. The highest BCUT2D eigenvalue weighted by atomic mass is 35.5. The predicted octanol–water partition coefficient (Wildman–Crippen LogP) is 1.79. The summed E-state index contributed by atoms with van der Waals surface area (Å²) in [5.41, 5.74) is 6.52. The number of furan rings is 1. The zero-order valence-electron chi connectivity index (χ0n) is 10.2. The SMILES string of the molecule is Cc1cc(C(=O)NCC(N)C2CC2)c(C)o1.Cl. The van der Waals surface area contributed by atoms with Crippen LogP contribution in [-0.2, 0) is 0 Å². The van der Waals surface area contributed by atoms with Crippen LogP contribution in [0, 0.1) is 19.8 Å². The highest BCUT2D eigenvalue weighted by molar-refractivity contribution is 5.95. The molecule has 1 heterocycles. The summed E-state index contributed by atoms with van der Waals surface area (Å²) < 4.78 is 5.31. The Morgan fingerprint density at radius 1 is 1.59 bits per heavy atom. The molecule has 17 heavy (non-hydrogen) atoms. The van der Waals surface area contributed by atoms with Crippen molar-refractivity contribution in [2.45, 2.75) is 32.7 Å². The number of halogens is 1. The van der Waals surface area contributed by atoms with Crippen molar-refractivity contribution < 1.29 is 9.21 Å². The third-order valence-electron chi connectivity index (χ3n) is 3.01. The summed E-state index contributed by atoms with van der Waals surface area (Å²) in [6, 6.07) is 1.85. The Kier molecular flexibility index (Phi) is 4.60. The average Bonchev–Trinajstić information content (AvgIpc) is 3.01. The number of amides is 1. The van der Waals surface area contributed by atoms with Gasteiger partial charge in [-0.15, -0.1) is 12.4 Å². The van der Waals surface area contributed by atoms with E-state index in [9.17, 15) is 4.79 Å². The first kappa shape index (κ1) is 14.1. The Morgan fingerprint density at radius 2 is 2.24 bits per heavy atom. The Bertz CT molecular complexity index is 399. The Morgan fingerprint density at radius 3 is 2.71 bits per heavy atom. The van der Waals surface area contributed by atoms with Crippen molar-refractivity contribution in [2.24, 2.45) is 11.7 Å². The van der Waals surface area contributed by atoms with Crippen molar-refractivity contribution in [3.63, 3.8) is 0 Å². The third-order valence-corrected chi connectivity index (χ3v) is 3.01. The molecule has 0 aliphatic heterocycles. The van der Waals surface area contributed by atoms with E-state index in [2.05, 4.69) is 5.32 Å². The summed E-state index contributed by atoms with van der Waals surface area (Å²) in [5, 5.41) is 2.85. The van der Waals surface area contributed by atoms with Gasteiger partial charge in [0, 0.05) is 12.6 Å². The standard InChI is InChI=1S/C12H18N2O2.ClH/c1-7-5-10(8(2)16-7)12(15)14-6-11(13)9-3-4-9;/h5,9,11H,3-4,6,13H2,1-2H3,(H,14,15);1H. The average molecular weight is 259 g/mol. The van der Waals surface area contributed by atoms with Gasteiger partial charge in [0.15, 0.2) is 0 Å². The lowest BCUT2D eigenvalue weighted by Crippen LogP contribution is -2.38. The van der Waals surface area contributed by atoms with Gasteiger partial charge in [0.05, 0.1) is 5.56 Å². The molecule has 3 N–H and O–H groups in total. The largest absolute Gasteiger partial charge is 0.466 e. The fraction of sp³-hybridized carbons (Fsp3) is 0.583. The van der Waals surface area contributed by atoms with Crippen molar-refractivity contribution in [2.75, 3.05) is 6.54 Å². The van der Waals surface area contributed by atoms with E-state index >= 15 is 0 Å². The van der Waals surface area contributed by atoms with Crippen molar-refractivity contribution >= 4 is 18.3 Å². The number of rotatable bonds is 4. The normalized spacial score (nSPS) is 16.2. The molecule has 1 saturated carbocycles. The highest BCUT2D eigenvalue weighted by Crippen LogP contribution is 2.31. The van der Waals surface area contributed by atoms with Crippen LogP contribution in [0.2, 0.25) is 0 Å². The zero-order valence-corrected chi connectivity index (χ0v) is 11.0. The first-order chi connectivity index (χ1) is 7.58. The maximum atomic E-state index is 11.8. The zero-order chi connectivity index (χ0) is 11.7. The molecular weight excluding hydrogens is 240 g/mol. The quantitative estimate of drug-likeness (QED) is 0.865. The Hall–Kier alpha value is -1.000. The molecule has 1 aliphatic carbocycles. The summed E-state index contributed by atoms with van der Waals surface area (Å²) in [6.07, 6.45) is 2.39. The minimum atomic E-state index is -0.0922. The molecular formula is C12H19ClN2O2. The van der Waals surface area contributed by atoms with E-state index in [4.69, 9.17) is 10.2 Å². The molecule has 0 saturated heterocycles. The van der Waals surface area contributed by atoms with Crippen molar-refractivity contribution in [3.05, 3.63) is 23.2 Å². The van der Waals surface area contributed by atoms with Crippen LogP contribution in [0.4, 0.5) is 0 Å². The van der Waals surface area contributed by atoms with Crippen molar-refractivity contribution in [1.82, 2.24) is 5.32 Å². The summed E-state index contributed by atoms with van der Waals surface area (Å²) in [5.74, 6) is 1.93. The van der Waals surface area contributed by atoms with E-state index in [-0.39, 0.29) is 24.4 Å². The van der Waals surface area contributed by atoms with Gasteiger partial charge in [-0.05, 0) is 38.7 Å². The van der Waals surface area contributed by atoms with Gasteiger partial charge >= 0.3 is 0 Å². The molecule has 1 aromatic heterocycles. The van der Waals surface area contributed by atoms with Crippen LogP contribution in [0.3, 0.4) is 0 Å². The van der Waals surface area contributed by atoms with Crippen molar-refractivity contribution in [1.29, 1.82) is 0 Å². The maximum Gasteiger partial charge on any atom is 0.254 e. The molecule has 0 bridgehead atoms. The van der Waals surface area contributed by atoms with Crippen LogP contribution in [0.25, 0.3) is 0 Å². The Balaban J connectivity index is 0.00000144. The molecule has 1 unspecified atom stereocenters. The van der Waals surface area contributed by atoms with Crippen LogP contribution >= 0.6 is 12.4 Å². The first-order valence-electron chi connectivity index (χ1n) is 5.68. The van der Waals surface area contributed by atoms with E-state index in [1.807, 2.05) is 6.92 Å². The molecule has 1 fully saturated rings. The van der Waals surface area contributed by atoms with Crippen LogP contribution < -0.4 is 11.1 Å². The number of hydrogen-bond acceptors (Lipinski definition) is 3. The van der Waals surface area contributed by atoms with Gasteiger partial charge in [-0.25, -0.2) is 0 Å². The van der Waals surface area contributed by atoms with Gasteiger partial charge in [-0.1, -0.05) is 0 Å². The molecule has 96 valence electrons. The van der Waals surface area contributed by atoms with Crippen LogP contribution in [-0.4, -0.2) is 18.5 Å². The van der Waals surface area contributed by atoms with E-state index < -0.39 is 0 Å². The minimum Gasteiger partial charge on any atom is -0.466 e. The Labute approximate surface area is 107 Å². The fourth-order valence-electron chi connectivity index (χ4n) is 1.85. The number of aryl methyl sites for hydroxylation is 2. The molecule has 0 aromatic carbocycles. The summed E-state index contributed by atoms with van der Waals surface area (Å²) in [6.45, 7) is 4.18. The van der Waals surface area contributed by atoms with E-state index in [1.165, 1.54) is 12.8 Å². The van der Waals surface area contributed by atoms with E-state index in [0.29, 0.717) is 23.8 Å². The van der Waals surface area contributed by atoms with E-state index in [1.54, 1.807) is 13.0 Å². The lowest BCUT2D eigenvalue weighted by molar-refractivity contribution is 0.0949. The van der Waals surface area contributed by atoms with Crippen LogP contribution in [0.1, 0.15) is 34.7 Å². The second-order valence-corrected chi connectivity index (χ2v) is 4.54. The molecule has 0 radical (unpaired) electrons. The molecule has 1 atom stereocenters. The van der Waals surface area contributed by atoms with Gasteiger partial charge in [0.2, 0.25) is 0 Å². The fourth-order valence-corrected chi connectivity index (χ4v) is 1.85. The first-order valence-corrected chi connectivity index (χ1v) is 5.68. The van der Waals surface area contributed by atoms with Gasteiger partial charge in [-0.3, -0.25) is 4.79 Å². The number of carbonyl (C=O) groups excluding carboxylic acids is 1. The number of hydrogen-bond donors (Lipinski definition) is 2. The highest BCUT2D eigenvalue weighted by Gasteiger charge is 2.28. The second-order valence-electron chi connectivity index (χ2n) is 4.54. The number of nitrogens with one attached hydrogen (secondary N) is 1. The number of carbonyl (C=O) groups is 1. The summed E-state index contributed by atoms with van der Waals surface area (Å²) in [4.78, 5) is 11.8. The lowest BCUT2D eigenvalue weighted by atomic mass is 10.2. The van der Waals surface area contributed by atoms with Crippen LogP contribution in [0.5, 0.6) is 0 Å². The minimum absolute atomic E-state index is 0. The summed E-state index contributed by atoms with van der Waals surface area (Å²) in [7, 11) is 0. The molecule has 2 rings (SSSR count). The summed E-state index contributed by atoms with van der Waals surface area (Å²) >= 11 is 0. The topological polar surface area (TPSA) is 68.3 Å². The molecule has 5 heteroatoms. The van der Waals surface area contributed by atoms with Gasteiger partial charge in [0.1, 0.15) is 11.5 Å². The number of nitrogens with two attached hydrogens (primary N) is 1. The smallest absolute Gasteiger partial charge is 0.254 e. The van der Waals surface area contributed by atoms with Gasteiger partial charge < -0.3 is 15.5 Å². The van der Waals surface area contributed by atoms with Crippen molar-refractivity contribution in [3.8, 4) is 0 Å². The maximum absolute atomic E-state index is 11.8. The van der Waals surface area contributed by atoms with E-state index in [0.717, 1.165) is 5.76 Å².